The number of benzene rings is 1. The molecule has 3 rings (SSSR count). The molecule has 0 amide bonds. The van der Waals surface area contributed by atoms with Crippen molar-refractivity contribution >= 4 is 16.3 Å². The number of aldehydes is 1. The van der Waals surface area contributed by atoms with E-state index in [1.54, 1.807) is 16.4 Å². The van der Waals surface area contributed by atoms with Gasteiger partial charge in [0.25, 0.3) is 0 Å². The van der Waals surface area contributed by atoms with Crippen molar-refractivity contribution in [2.45, 2.75) is 62.8 Å². The Hall–Kier alpha value is -1.20. The van der Waals surface area contributed by atoms with Crippen molar-refractivity contribution in [2.75, 3.05) is 6.54 Å². The van der Waals surface area contributed by atoms with Gasteiger partial charge in [-0.25, -0.2) is 8.42 Å². The van der Waals surface area contributed by atoms with E-state index in [0.717, 1.165) is 31.1 Å². The normalized spacial score (nSPS) is 24.8. The van der Waals surface area contributed by atoms with Crippen LogP contribution in [0.1, 0.15) is 50.5 Å². The molecule has 23 heavy (non-hydrogen) atoms. The van der Waals surface area contributed by atoms with Gasteiger partial charge in [-0.15, -0.1) is 0 Å². The molecule has 1 aromatic rings. The summed E-state index contributed by atoms with van der Waals surface area (Å²) in [5.74, 6) is 0. The summed E-state index contributed by atoms with van der Waals surface area (Å²) < 4.78 is 27.7. The second kappa shape index (κ2) is 6.36. The lowest BCUT2D eigenvalue weighted by molar-refractivity contribution is -0.108. The number of rotatable bonds is 4. The first-order chi connectivity index (χ1) is 11.0. The van der Waals surface area contributed by atoms with Crippen molar-refractivity contribution < 1.29 is 13.2 Å². The number of hydrogen-bond acceptors (Lipinski definition) is 3. The van der Waals surface area contributed by atoms with E-state index < -0.39 is 10.0 Å². The van der Waals surface area contributed by atoms with Gasteiger partial charge in [-0.1, -0.05) is 37.0 Å². The summed E-state index contributed by atoms with van der Waals surface area (Å²) in [7, 11) is -3.53. The van der Waals surface area contributed by atoms with Crippen molar-refractivity contribution in [3.05, 3.63) is 29.8 Å². The summed E-state index contributed by atoms with van der Waals surface area (Å²) in [5.41, 5.74) is 1.13. The van der Waals surface area contributed by atoms with Crippen LogP contribution in [0.2, 0.25) is 0 Å². The van der Waals surface area contributed by atoms with Gasteiger partial charge >= 0.3 is 0 Å². The Morgan fingerprint density at radius 1 is 1.17 bits per heavy atom. The number of carbonyl (C=O) groups excluding carboxylic acids is 1. The van der Waals surface area contributed by atoms with Gasteiger partial charge in [0.15, 0.2) is 0 Å². The summed E-state index contributed by atoms with van der Waals surface area (Å²) in [4.78, 5) is 11.4. The maximum absolute atomic E-state index is 13.1. The molecule has 0 N–H and O–H groups in total. The molecule has 2 aliphatic rings. The van der Waals surface area contributed by atoms with E-state index in [4.69, 9.17) is 0 Å². The third kappa shape index (κ3) is 3.22. The fourth-order valence-electron chi connectivity index (χ4n) is 4.23. The van der Waals surface area contributed by atoms with Gasteiger partial charge in [0.2, 0.25) is 10.0 Å². The minimum absolute atomic E-state index is 0.0870. The molecule has 1 atom stereocenters. The zero-order valence-corrected chi connectivity index (χ0v) is 14.5. The van der Waals surface area contributed by atoms with E-state index in [9.17, 15) is 13.2 Å². The second-order valence-electron chi connectivity index (χ2n) is 7.18. The van der Waals surface area contributed by atoms with E-state index in [1.165, 1.54) is 19.3 Å². The van der Waals surface area contributed by atoms with Crippen LogP contribution in [0.3, 0.4) is 0 Å². The minimum Gasteiger partial charge on any atom is -0.303 e. The standard InChI is InChI=1S/C18H25NO3S/c1-15-5-7-17(8-6-15)23(21,22)19-14-18(10-3-2-4-11-18)13-16(19)9-12-20/h5-8,12,16H,2-4,9-11,13-14H2,1H3. The molecule has 1 unspecified atom stereocenters. The van der Waals surface area contributed by atoms with E-state index in [-0.39, 0.29) is 11.5 Å². The first kappa shape index (κ1) is 16.7. The van der Waals surface area contributed by atoms with Crippen LogP contribution in [0.5, 0.6) is 0 Å². The van der Waals surface area contributed by atoms with Crippen LogP contribution in [-0.2, 0) is 14.8 Å². The van der Waals surface area contributed by atoms with Crippen LogP contribution in [-0.4, -0.2) is 31.6 Å². The van der Waals surface area contributed by atoms with Crippen molar-refractivity contribution in [1.82, 2.24) is 4.31 Å². The molecule has 0 bridgehead atoms. The number of carbonyl (C=O) groups is 1. The van der Waals surface area contributed by atoms with Crippen LogP contribution >= 0.6 is 0 Å². The number of hydrogen-bond donors (Lipinski definition) is 0. The fraction of sp³-hybridized carbons (Fsp3) is 0.611. The van der Waals surface area contributed by atoms with Crippen LogP contribution in [0.4, 0.5) is 0 Å². The molecular weight excluding hydrogens is 310 g/mol. The molecule has 4 nitrogen and oxygen atoms in total. The van der Waals surface area contributed by atoms with Gasteiger partial charge in [-0.3, -0.25) is 0 Å². The Balaban J connectivity index is 1.91. The maximum Gasteiger partial charge on any atom is 0.243 e. The summed E-state index contributed by atoms with van der Waals surface area (Å²) in [6.07, 6.45) is 7.75. The molecule has 1 heterocycles. The third-order valence-electron chi connectivity index (χ3n) is 5.48. The van der Waals surface area contributed by atoms with Gasteiger partial charge < -0.3 is 4.79 Å². The van der Waals surface area contributed by atoms with Crippen molar-refractivity contribution in [3.8, 4) is 0 Å². The molecule has 0 aromatic heterocycles. The molecule has 1 saturated carbocycles. The zero-order chi connectivity index (χ0) is 16.5. The average Bonchev–Trinajstić information content (AvgIpc) is 2.88. The SMILES string of the molecule is Cc1ccc(S(=O)(=O)N2CC3(CCCCC3)CC2CC=O)cc1. The highest BCUT2D eigenvalue weighted by atomic mass is 32.2. The molecular formula is C18H25NO3S. The van der Waals surface area contributed by atoms with Crippen molar-refractivity contribution in [2.24, 2.45) is 5.41 Å². The van der Waals surface area contributed by atoms with Crippen LogP contribution in [0.15, 0.2) is 29.2 Å². The molecule has 1 aliphatic heterocycles. The Kier molecular flexibility index (Phi) is 4.61. The predicted molar refractivity (Wildman–Crippen MR) is 89.7 cm³/mol. The lowest BCUT2D eigenvalue weighted by Crippen LogP contribution is -2.37. The van der Waals surface area contributed by atoms with E-state index in [1.807, 2.05) is 19.1 Å². The summed E-state index contributed by atoms with van der Waals surface area (Å²) in [5, 5.41) is 0. The monoisotopic (exact) mass is 335 g/mol. The molecule has 1 aliphatic carbocycles. The molecule has 2 fully saturated rings. The molecule has 1 spiro atoms. The van der Waals surface area contributed by atoms with Crippen LogP contribution in [0, 0.1) is 12.3 Å². The van der Waals surface area contributed by atoms with Gasteiger partial charge in [0.05, 0.1) is 4.90 Å². The Morgan fingerprint density at radius 3 is 2.43 bits per heavy atom. The molecule has 1 aromatic carbocycles. The molecule has 1 saturated heterocycles. The Bertz CT molecular complexity index is 660. The van der Waals surface area contributed by atoms with Gasteiger partial charge in [-0.2, -0.15) is 4.31 Å². The quantitative estimate of drug-likeness (QED) is 0.793. The lowest BCUT2D eigenvalue weighted by Gasteiger charge is -2.33. The number of sulfonamides is 1. The number of nitrogens with zero attached hydrogens (tertiary/aromatic N) is 1. The largest absolute Gasteiger partial charge is 0.303 e. The first-order valence-electron chi connectivity index (χ1n) is 8.49. The Labute approximate surface area is 138 Å². The van der Waals surface area contributed by atoms with Crippen LogP contribution in [0.25, 0.3) is 0 Å². The highest BCUT2D eigenvalue weighted by Gasteiger charge is 2.48. The van der Waals surface area contributed by atoms with Crippen LogP contribution < -0.4 is 0 Å². The zero-order valence-electron chi connectivity index (χ0n) is 13.7. The van der Waals surface area contributed by atoms with Gasteiger partial charge in [0.1, 0.15) is 6.29 Å². The molecule has 5 heteroatoms. The maximum atomic E-state index is 13.1. The molecule has 126 valence electrons. The summed E-state index contributed by atoms with van der Waals surface area (Å²) >= 11 is 0. The van der Waals surface area contributed by atoms with E-state index in [0.29, 0.717) is 17.9 Å². The highest BCUT2D eigenvalue weighted by molar-refractivity contribution is 7.89. The minimum atomic E-state index is -3.53. The first-order valence-corrected chi connectivity index (χ1v) is 9.93. The Morgan fingerprint density at radius 2 is 1.83 bits per heavy atom. The fourth-order valence-corrected chi connectivity index (χ4v) is 5.98. The van der Waals surface area contributed by atoms with Gasteiger partial charge in [0, 0.05) is 19.0 Å². The topological polar surface area (TPSA) is 54.5 Å². The van der Waals surface area contributed by atoms with Crippen molar-refractivity contribution in [1.29, 1.82) is 0 Å². The van der Waals surface area contributed by atoms with E-state index in [2.05, 4.69) is 0 Å². The summed E-state index contributed by atoms with van der Waals surface area (Å²) in [6, 6.07) is 6.82. The lowest BCUT2D eigenvalue weighted by atomic mass is 9.72. The summed E-state index contributed by atoms with van der Waals surface area (Å²) in [6.45, 7) is 2.51. The predicted octanol–water partition coefficient (Wildman–Crippen LogP) is 3.30. The average molecular weight is 335 g/mol. The van der Waals surface area contributed by atoms with E-state index >= 15 is 0 Å². The smallest absolute Gasteiger partial charge is 0.243 e. The van der Waals surface area contributed by atoms with Crippen molar-refractivity contribution in [3.63, 3.8) is 0 Å². The molecule has 0 radical (unpaired) electrons. The number of aryl methyl sites for hydroxylation is 1. The highest BCUT2D eigenvalue weighted by Crippen LogP contribution is 2.48. The second-order valence-corrected chi connectivity index (χ2v) is 9.07. The van der Waals surface area contributed by atoms with Gasteiger partial charge in [-0.05, 0) is 43.7 Å². The third-order valence-corrected chi connectivity index (χ3v) is 7.39.